The second-order valence-electron chi connectivity index (χ2n) is 4.49. The highest BCUT2D eigenvalue weighted by Crippen LogP contribution is 2.14. The normalized spacial score (nSPS) is 24.6. The summed E-state index contributed by atoms with van der Waals surface area (Å²) in [6, 6.07) is 4.53. The topological polar surface area (TPSA) is 43.4 Å². The molecule has 4 heteroatoms. The van der Waals surface area contributed by atoms with Gasteiger partial charge >= 0.3 is 0 Å². The molecule has 0 aromatic carbocycles. The Balaban J connectivity index is 1.84. The van der Waals surface area contributed by atoms with E-state index in [1.165, 1.54) is 5.56 Å². The Kier molecular flexibility index (Phi) is 4.34. The van der Waals surface area contributed by atoms with Crippen molar-refractivity contribution in [2.24, 2.45) is 0 Å². The smallest absolute Gasteiger partial charge is 0.213 e. The average Bonchev–Trinajstić information content (AvgIpc) is 2.37. The van der Waals surface area contributed by atoms with Crippen LogP contribution in [-0.4, -0.2) is 30.8 Å². The minimum absolute atomic E-state index is 0.369. The Hall–Kier alpha value is -1.13. The fourth-order valence-electron chi connectivity index (χ4n) is 2.12. The first kappa shape index (κ1) is 12.3. The summed E-state index contributed by atoms with van der Waals surface area (Å²) in [6.07, 6.45) is 4.32. The van der Waals surface area contributed by atoms with Gasteiger partial charge in [0.1, 0.15) is 0 Å². The minimum atomic E-state index is 0.369. The lowest BCUT2D eigenvalue weighted by molar-refractivity contribution is 0.0130. The van der Waals surface area contributed by atoms with Gasteiger partial charge in [0.05, 0.1) is 13.2 Å². The van der Waals surface area contributed by atoms with Crippen molar-refractivity contribution in [3.8, 4) is 5.88 Å². The number of nitrogens with zero attached hydrogens (tertiary/aromatic N) is 1. The van der Waals surface area contributed by atoms with Gasteiger partial charge in [0.15, 0.2) is 0 Å². The van der Waals surface area contributed by atoms with Crippen LogP contribution in [-0.2, 0) is 11.3 Å². The number of hydrogen-bond acceptors (Lipinski definition) is 4. The fraction of sp³-hybridized carbons (Fsp3) is 0.615. The van der Waals surface area contributed by atoms with Crippen LogP contribution in [0.25, 0.3) is 0 Å². The van der Waals surface area contributed by atoms with Gasteiger partial charge in [-0.15, -0.1) is 0 Å². The molecule has 2 rings (SSSR count). The van der Waals surface area contributed by atoms with Gasteiger partial charge in [0.2, 0.25) is 5.88 Å². The van der Waals surface area contributed by atoms with Crippen molar-refractivity contribution >= 4 is 0 Å². The molecule has 0 saturated carbocycles. The largest absolute Gasteiger partial charge is 0.481 e. The van der Waals surface area contributed by atoms with Gasteiger partial charge in [0, 0.05) is 31.5 Å². The molecule has 1 aromatic rings. The van der Waals surface area contributed by atoms with Gasteiger partial charge in [0.25, 0.3) is 0 Å². The molecule has 94 valence electrons. The van der Waals surface area contributed by atoms with E-state index >= 15 is 0 Å². The van der Waals surface area contributed by atoms with Gasteiger partial charge < -0.3 is 14.8 Å². The summed E-state index contributed by atoms with van der Waals surface area (Å²) in [6.45, 7) is 3.85. The maximum absolute atomic E-state index is 5.53. The lowest BCUT2D eigenvalue weighted by atomic mass is 10.0. The van der Waals surface area contributed by atoms with Gasteiger partial charge in [-0.25, -0.2) is 4.98 Å². The molecule has 1 saturated heterocycles. The maximum Gasteiger partial charge on any atom is 0.213 e. The Morgan fingerprint density at radius 2 is 2.47 bits per heavy atom. The summed E-state index contributed by atoms with van der Waals surface area (Å²) in [5, 5.41) is 3.56. The second-order valence-corrected chi connectivity index (χ2v) is 4.49. The van der Waals surface area contributed by atoms with E-state index in [0.29, 0.717) is 18.0 Å². The standard InChI is InChI=1S/C13H20N2O2/c1-10-7-12(4-6-17-10)15-9-11-3-5-14-13(8-11)16-2/h3,5,8,10,12,15H,4,6-7,9H2,1-2H3. The molecule has 1 N–H and O–H groups in total. The summed E-state index contributed by atoms with van der Waals surface area (Å²) in [7, 11) is 1.64. The molecule has 0 bridgehead atoms. The van der Waals surface area contributed by atoms with Crippen molar-refractivity contribution in [3.05, 3.63) is 23.9 Å². The highest BCUT2D eigenvalue weighted by atomic mass is 16.5. The molecule has 1 aromatic heterocycles. The first-order chi connectivity index (χ1) is 8.28. The van der Waals surface area contributed by atoms with E-state index in [1.54, 1.807) is 13.3 Å². The van der Waals surface area contributed by atoms with Crippen molar-refractivity contribution in [1.29, 1.82) is 0 Å². The fourth-order valence-corrected chi connectivity index (χ4v) is 2.12. The van der Waals surface area contributed by atoms with Gasteiger partial charge in [-0.1, -0.05) is 0 Å². The van der Waals surface area contributed by atoms with E-state index in [4.69, 9.17) is 9.47 Å². The Morgan fingerprint density at radius 1 is 1.59 bits per heavy atom. The molecule has 0 amide bonds. The molecule has 4 nitrogen and oxygen atoms in total. The molecular formula is C13H20N2O2. The van der Waals surface area contributed by atoms with Crippen molar-refractivity contribution in [1.82, 2.24) is 10.3 Å². The predicted octanol–water partition coefficient (Wildman–Crippen LogP) is 1.75. The van der Waals surface area contributed by atoms with E-state index in [-0.39, 0.29) is 0 Å². The van der Waals surface area contributed by atoms with Crippen LogP contribution in [0.15, 0.2) is 18.3 Å². The summed E-state index contributed by atoms with van der Waals surface area (Å²) in [5.74, 6) is 0.671. The Morgan fingerprint density at radius 3 is 3.24 bits per heavy atom. The van der Waals surface area contributed by atoms with Gasteiger partial charge in [-0.2, -0.15) is 0 Å². The Labute approximate surface area is 102 Å². The summed E-state index contributed by atoms with van der Waals surface area (Å²) < 4.78 is 10.6. The summed E-state index contributed by atoms with van der Waals surface area (Å²) in [4.78, 5) is 4.09. The molecule has 2 atom stereocenters. The van der Waals surface area contributed by atoms with Gasteiger partial charge in [-0.3, -0.25) is 0 Å². The third-order valence-corrected chi connectivity index (χ3v) is 3.09. The first-order valence-electron chi connectivity index (χ1n) is 6.12. The van der Waals surface area contributed by atoms with Crippen LogP contribution in [0.5, 0.6) is 5.88 Å². The molecule has 0 radical (unpaired) electrons. The van der Waals surface area contributed by atoms with Gasteiger partial charge in [-0.05, 0) is 31.4 Å². The second kappa shape index (κ2) is 5.98. The molecule has 2 unspecified atom stereocenters. The van der Waals surface area contributed by atoms with Crippen LogP contribution < -0.4 is 10.1 Å². The zero-order valence-corrected chi connectivity index (χ0v) is 10.5. The van der Waals surface area contributed by atoms with Crippen LogP contribution in [0.4, 0.5) is 0 Å². The SMILES string of the molecule is COc1cc(CNC2CCOC(C)C2)ccn1. The predicted molar refractivity (Wildman–Crippen MR) is 66.1 cm³/mol. The summed E-state index contributed by atoms with van der Waals surface area (Å²) >= 11 is 0. The van der Waals surface area contributed by atoms with Crippen LogP contribution in [0.1, 0.15) is 25.3 Å². The molecular weight excluding hydrogens is 216 g/mol. The average molecular weight is 236 g/mol. The number of nitrogens with one attached hydrogen (secondary N) is 1. The van der Waals surface area contributed by atoms with Crippen LogP contribution in [0.3, 0.4) is 0 Å². The van der Waals surface area contributed by atoms with Crippen LogP contribution >= 0.6 is 0 Å². The number of rotatable bonds is 4. The number of hydrogen-bond donors (Lipinski definition) is 1. The molecule has 1 aliphatic heterocycles. The number of aromatic nitrogens is 1. The minimum Gasteiger partial charge on any atom is -0.481 e. The van der Waals surface area contributed by atoms with E-state index < -0.39 is 0 Å². The number of pyridine rings is 1. The molecule has 0 aliphatic carbocycles. The molecule has 1 aliphatic rings. The number of methoxy groups -OCH3 is 1. The van der Waals surface area contributed by atoms with Crippen molar-refractivity contribution in [2.75, 3.05) is 13.7 Å². The van der Waals surface area contributed by atoms with E-state index in [2.05, 4.69) is 17.2 Å². The zero-order valence-electron chi connectivity index (χ0n) is 10.5. The third kappa shape index (κ3) is 3.68. The first-order valence-corrected chi connectivity index (χ1v) is 6.12. The molecule has 1 fully saturated rings. The van der Waals surface area contributed by atoms with Crippen LogP contribution in [0, 0.1) is 0 Å². The van der Waals surface area contributed by atoms with E-state index in [1.807, 2.05) is 12.1 Å². The molecule has 17 heavy (non-hydrogen) atoms. The summed E-state index contributed by atoms with van der Waals surface area (Å²) in [5.41, 5.74) is 1.20. The molecule has 2 heterocycles. The Bertz CT molecular complexity index is 357. The highest BCUT2D eigenvalue weighted by molar-refractivity contribution is 5.20. The quantitative estimate of drug-likeness (QED) is 0.865. The highest BCUT2D eigenvalue weighted by Gasteiger charge is 2.18. The van der Waals surface area contributed by atoms with E-state index in [0.717, 1.165) is 26.0 Å². The lowest BCUT2D eigenvalue weighted by Crippen LogP contribution is -2.37. The maximum atomic E-state index is 5.53. The number of ether oxygens (including phenoxy) is 2. The lowest BCUT2D eigenvalue weighted by Gasteiger charge is -2.28. The van der Waals surface area contributed by atoms with E-state index in [9.17, 15) is 0 Å². The van der Waals surface area contributed by atoms with Crippen molar-refractivity contribution in [3.63, 3.8) is 0 Å². The van der Waals surface area contributed by atoms with Crippen LogP contribution in [0.2, 0.25) is 0 Å². The monoisotopic (exact) mass is 236 g/mol. The van der Waals surface area contributed by atoms with Crippen molar-refractivity contribution in [2.45, 2.75) is 38.5 Å². The zero-order chi connectivity index (χ0) is 12.1. The molecule has 0 spiro atoms. The van der Waals surface area contributed by atoms with Crippen molar-refractivity contribution < 1.29 is 9.47 Å². The third-order valence-electron chi connectivity index (χ3n) is 3.09.